The first-order chi connectivity index (χ1) is 8.70. The van der Waals surface area contributed by atoms with Gasteiger partial charge in [0.15, 0.2) is 6.04 Å². The minimum atomic E-state index is -4.55. The van der Waals surface area contributed by atoms with Crippen LogP contribution in [0.1, 0.15) is 18.5 Å². The monoisotopic (exact) mass is 275 g/mol. The van der Waals surface area contributed by atoms with Gasteiger partial charge in [-0.2, -0.15) is 13.2 Å². The molecule has 0 aliphatic rings. The molecule has 0 aliphatic heterocycles. The normalized spacial score (nSPS) is 12.9. The van der Waals surface area contributed by atoms with Gasteiger partial charge in [0.25, 0.3) is 0 Å². The molecule has 0 aromatic carbocycles. The molecule has 4 nitrogen and oxygen atoms in total. The second-order valence-electron chi connectivity index (χ2n) is 4.37. The number of urea groups is 1. The number of hydrogen-bond acceptors (Lipinski definition) is 1. The summed E-state index contributed by atoms with van der Waals surface area (Å²) < 4.78 is 40.2. The van der Waals surface area contributed by atoms with E-state index in [1.54, 1.807) is 14.0 Å². The smallest absolute Gasteiger partial charge is 0.357 e. The molecular formula is C12H16F3N3O. The number of aromatic nitrogens is 1. The van der Waals surface area contributed by atoms with Gasteiger partial charge in [-0.15, -0.1) is 0 Å². The Balaban J connectivity index is 2.77. The molecule has 1 aromatic heterocycles. The highest BCUT2D eigenvalue weighted by atomic mass is 19.4. The fraction of sp³-hybridized carbons (Fsp3) is 0.417. The Kier molecular flexibility index (Phi) is 4.63. The van der Waals surface area contributed by atoms with E-state index in [1.165, 1.54) is 23.0 Å². The van der Waals surface area contributed by atoms with Crippen molar-refractivity contribution in [3.63, 3.8) is 0 Å². The van der Waals surface area contributed by atoms with Crippen LogP contribution >= 0.6 is 0 Å². The van der Waals surface area contributed by atoms with Crippen molar-refractivity contribution in [1.82, 2.24) is 15.2 Å². The van der Waals surface area contributed by atoms with Gasteiger partial charge in [0.1, 0.15) is 0 Å². The maximum absolute atomic E-state index is 12.9. The first-order valence-corrected chi connectivity index (χ1v) is 5.57. The number of amides is 2. The van der Waals surface area contributed by atoms with E-state index in [0.29, 0.717) is 5.57 Å². The number of rotatable bonds is 4. The summed E-state index contributed by atoms with van der Waals surface area (Å²) in [4.78, 5) is 11.4. The van der Waals surface area contributed by atoms with Gasteiger partial charge < -0.3 is 15.2 Å². The van der Waals surface area contributed by atoms with Crippen LogP contribution in [-0.4, -0.2) is 23.3 Å². The van der Waals surface area contributed by atoms with E-state index in [9.17, 15) is 18.0 Å². The van der Waals surface area contributed by atoms with Crippen LogP contribution in [0.4, 0.5) is 18.0 Å². The molecule has 1 heterocycles. The first kappa shape index (κ1) is 15.1. The molecule has 1 atom stereocenters. The van der Waals surface area contributed by atoms with Crippen molar-refractivity contribution in [3.8, 4) is 0 Å². The molecule has 0 unspecified atom stereocenters. The lowest BCUT2D eigenvalue weighted by Crippen LogP contribution is -2.43. The Bertz CT molecular complexity index is 465. The van der Waals surface area contributed by atoms with Crippen molar-refractivity contribution in [3.05, 3.63) is 36.2 Å². The number of aryl methyl sites for hydroxylation is 1. The highest BCUT2D eigenvalue weighted by Crippen LogP contribution is 2.32. The van der Waals surface area contributed by atoms with Crippen LogP contribution < -0.4 is 10.6 Å². The Morgan fingerprint density at radius 2 is 2.16 bits per heavy atom. The minimum Gasteiger partial charge on any atom is -0.357 e. The molecule has 0 saturated heterocycles. The molecule has 0 spiro atoms. The first-order valence-electron chi connectivity index (χ1n) is 5.57. The molecule has 1 aromatic rings. The van der Waals surface area contributed by atoms with Crippen LogP contribution in [0, 0.1) is 0 Å². The van der Waals surface area contributed by atoms with Crippen molar-refractivity contribution >= 4 is 6.03 Å². The summed E-state index contributed by atoms with van der Waals surface area (Å²) in [6.45, 7) is 5.34. The Hall–Kier alpha value is -1.92. The number of halogens is 3. The molecule has 2 amide bonds. The predicted octanol–water partition coefficient (Wildman–Crippen LogP) is 2.50. The van der Waals surface area contributed by atoms with Crippen molar-refractivity contribution in [2.45, 2.75) is 19.1 Å². The van der Waals surface area contributed by atoms with Crippen LogP contribution in [0.2, 0.25) is 0 Å². The maximum atomic E-state index is 12.9. The highest BCUT2D eigenvalue weighted by molar-refractivity contribution is 5.74. The zero-order valence-electron chi connectivity index (χ0n) is 10.7. The summed E-state index contributed by atoms with van der Waals surface area (Å²) >= 11 is 0. The quantitative estimate of drug-likeness (QED) is 0.815. The summed E-state index contributed by atoms with van der Waals surface area (Å²) in [7, 11) is 1.61. The Morgan fingerprint density at radius 3 is 2.58 bits per heavy atom. The second kappa shape index (κ2) is 5.81. The number of nitrogens with one attached hydrogen (secondary N) is 2. The van der Waals surface area contributed by atoms with Crippen LogP contribution in [-0.2, 0) is 7.05 Å². The van der Waals surface area contributed by atoms with Crippen LogP contribution in [0.25, 0.3) is 0 Å². The van der Waals surface area contributed by atoms with E-state index >= 15 is 0 Å². The van der Waals surface area contributed by atoms with Crippen molar-refractivity contribution < 1.29 is 18.0 Å². The summed E-state index contributed by atoms with van der Waals surface area (Å²) in [5.41, 5.74) is 0.638. The lowest BCUT2D eigenvalue weighted by Gasteiger charge is -2.21. The van der Waals surface area contributed by atoms with Gasteiger partial charge in [0, 0.05) is 31.5 Å². The van der Waals surface area contributed by atoms with Gasteiger partial charge in [-0.1, -0.05) is 12.2 Å². The van der Waals surface area contributed by atoms with Crippen molar-refractivity contribution in [2.24, 2.45) is 7.05 Å². The maximum Gasteiger partial charge on any atom is 0.412 e. The standard InChI is InChI=1S/C12H16F3N3O/c1-8(2)6-16-11(19)17-10(12(13,14)15)9-4-5-18(3)7-9/h4-5,7,10H,1,6H2,2-3H3,(H2,16,17,19)/t10-/m1/s1. The van der Waals surface area contributed by atoms with Crippen LogP contribution in [0.5, 0.6) is 0 Å². The average Bonchev–Trinajstić information content (AvgIpc) is 2.68. The largest absolute Gasteiger partial charge is 0.412 e. The molecule has 1 rings (SSSR count). The summed E-state index contributed by atoms with van der Waals surface area (Å²) in [5.74, 6) is 0. The molecule has 7 heteroatoms. The van der Waals surface area contributed by atoms with Crippen molar-refractivity contribution in [2.75, 3.05) is 6.54 Å². The SMILES string of the molecule is C=C(C)CNC(=O)N[C@H](c1ccn(C)c1)C(F)(F)F. The van der Waals surface area contributed by atoms with E-state index in [-0.39, 0.29) is 12.1 Å². The number of nitrogens with zero attached hydrogens (tertiary/aromatic N) is 1. The second-order valence-corrected chi connectivity index (χ2v) is 4.37. The molecule has 106 valence electrons. The Labute approximate surface area is 109 Å². The molecule has 0 radical (unpaired) electrons. The van der Waals surface area contributed by atoms with Gasteiger partial charge in [-0.05, 0) is 13.0 Å². The summed E-state index contributed by atoms with van der Waals surface area (Å²) in [5, 5.41) is 4.22. The van der Waals surface area contributed by atoms with Gasteiger partial charge in [0.2, 0.25) is 0 Å². The van der Waals surface area contributed by atoms with Gasteiger partial charge in [-0.3, -0.25) is 0 Å². The highest BCUT2D eigenvalue weighted by Gasteiger charge is 2.42. The zero-order valence-corrected chi connectivity index (χ0v) is 10.7. The molecule has 19 heavy (non-hydrogen) atoms. The van der Waals surface area contributed by atoms with E-state index < -0.39 is 18.2 Å². The molecule has 0 fully saturated rings. The number of hydrogen-bond donors (Lipinski definition) is 2. The van der Waals surface area contributed by atoms with E-state index in [4.69, 9.17) is 0 Å². The van der Waals surface area contributed by atoms with Crippen molar-refractivity contribution in [1.29, 1.82) is 0 Å². The third-order valence-corrected chi connectivity index (χ3v) is 2.34. The topological polar surface area (TPSA) is 46.1 Å². The van der Waals surface area contributed by atoms with E-state index in [1.807, 2.05) is 5.32 Å². The van der Waals surface area contributed by atoms with Crippen LogP contribution in [0.3, 0.4) is 0 Å². The fourth-order valence-corrected chi connectivity index (χ4v) is 1.46. The molecule has 0 saturated carbocycles. The summed E-state index contributed by atoms with van der Waals surface area (Å²) in [6, 6.07) is -1.59. The van der Waals surface area contributed by atoms with Gasteiger partial charge in [0.05, 0.1) is 0 Å². The third-order valence-electron chi connectivity index (χ3n) is 2.34. The fourth-order valence-electron chi connectivity index (χ4n) is 1.46. The Morgan fingerprint density at radius 1 is 1.53 bits per heavy atom. The lowest BCUT2D eigenvalue weighted by atomic mass is 10.1. The van der Waals surface area contributed by atoms with Crippen LogP contribution in [0.15, 0.2) is 30.6 Å². The average molecular weight is 275 g/mol. The zero-order chi connectivity index (χ0) is 14.6. The van der Waals surface area contributed by atoms with E-state index in [2.05, 4.69) is 11.9 Å². The molecule has 2 N–H and O–H groups in total. The summed E-state index contributed by atoms with van der Waals surface area (Å²) in [6.07, 6.45) is -1.75. The van der Waals surface area contributed by atoms with Gasteiger partial charge >= 0.3 is 12.2 Å². The minimum absolute atomic E-state index is 0.0134. The number of carbonyl (C=O) groups is 1. The van der Waals surface area contributed by atoms with E-state index in [0.717, 1.165) is 0 Å². The predicted molar refractivity (Wildman–Crippen MR) is 65.6 cm³/mol. The number of alkyl halides is 3. The lowest BCUT2D eigenvalue weighted by molar-refractivity contribution is -0.154. The molecule has 0 bridgehead atoms. The van der Waals surface area contributed by atoms with Gasteiger partial charge in [-0.25, -0.2) is 4.79 Å². The third kappa shape index (κ3) is 4.69. The molecule has 0 aliphatic carbocycles. The number of carbonyl (C=O) groups excluding carboxylic acids is 1. The molecular weight excluding hydrogens is 259 g/mol.